The molecule has 0 spiro atoms. The van der Waals surface area contributed by atoms with Crippen molar-refractivity contribution in [2.75, 3.05) is 6.61 Å². The molecular formula is C14H15N5O5. The van der Waals surface area contributed by atoms with Gasteiger partial charge in [-0.2, -0.15) is 10.2 Å². The summed E-state index contributed by atoms with van der Waals surface area (Å²) in [6.07, 6.45) is 2.31. The summed E-state index contributed by atoms with van der Waals surface area (Å²) in [5.74, 6) is -0.486. The molecule has 10 heteroatoms. The number of aryl methyl sites for hydroxylation is 1. The van der Waals surface area contributed by atoms with E-state index < -0.39 is 16.5 Å². The quantitative estimate of drug-likeness (QED) is 0.464. The molecule has 0 saturated heterocycles. The number of aromatic hydroxyl groups is 1. The summed E-state index contributed by atoms with van der Waals surface area (Å²) in [5, 5.41) is 27.9. The number of hydrogen-bond acceptors (Lipinski definition) is 7. The maximum absolute atomic E-state index is 12.0. The van der Waals surface area contributed by atoms with E-state index in [4.69, 9.17) is 4.74 Å². The first-order valence-electron chi connectivity index (χ1n) is 6.89. The fourth-order valence-corrected chi connectivity index (χ4v) is 1.92. The third-order valence-corrected chi connectivity index (χ3v) is 2.99. The summed E-state index contributed by atoms with van der Waals surface area (Å²) in [6, 6.07) is 4.54. The van der Waals surface area contributed by atoms with Crippen LogP contribution >= 0.6 is 0 Å². The summed E-state index contributed by atoms with van der Waals surface area (Å²) < 4.78 is 6.33. The Kier molecular flexibility index (Phi) is 5.09. The van der Waals surface area contributed by atoms with Crippen molar-refractivity contribution in [1.29, 1.82) is 0 Å². The van der Waals surface area contributed by atoms with Crippen LogP contribution in [-0.4, -0.2) is 38.5 Å². The number of rotatable bonds is 6. The Morgan fingerprint density at radius 3 is 3.00 bits per heavy atom. The van der Waals surface area contributed by atoms with Crippen LogP contribution < -0.4 is 10.2 Å². The molecule has 24 heavy (non-hydrogen) atoms. The van der Waals surface area contributed by atoms with Gasteiger partial charge in [0.25, 0.3) is 5.91 Å². The van der Waals surface area contributed by atoms with Crippen LogP contribution in [0, 0.1) is 10.1 Å². The summed E-state index contributed by atoms with van der Waals surface area (Å²) in [7, 11) is 1.42. The molecule has 126 valence electrons. The standard InChI is InChI=1S/C14H15N5O5/c1-3-24-12-6-9(4-5-11(12)20)7-15-17-14(21)13-10(19(22)23)8-16-18(13)2/h4-8,20H,3H2,1-2H3,(H,17,21). The molecule has 10 nitrogen and oxygen atoms in total. The van der Waals surface area contributed by atoms with Crippen LogP contribution in [0.25, 0.3) is 0 Å². The van der Waals surface area contributed by atoms with Crippen molar-refractivity contribution in [2.45, 2.75) is 6.92 Å². The Labute approximate surface area is 136 Å². The number of hydrogen-bond donors (Lipinski definition) is 2. The lowest BCUT2D eigenvalue weighted by atomic mass is 10.2. The predicted molar refractivity (Wildman–Crippen MR) is 84.2 cm³/mol. The molecule has 2 rings (SSSR count). The van der Waals surface area contributed by atoms with E-state index in [1.54, 1.807) is 19.1 Å². The molecular weight excluding hydrogens is 318 g/mol. The van der Waals surface area contributed by atoms with Crippen LogP contribution in [0.2, 0.25) is 0 Å². The lowest BCUT2D eigenvalue weighted by molar-refractivity contribution is -0.385. The van der Waals surface area contributed by atoms with Gasteiger partial charge in [0.15, 0.2) is 11.5 Å². The van der Waals surface area contributed by atoms with Gasteiger partial charge < -0.3 is 9.84 Å². The lowest BCUT2D eigenvalue weighted by Gasteiger charge is -2.06. The van der Waals surface area contributed by atoms with Gasteiger partial charge in [0.2, 0.25) is 5.69 Å². The van der Waals surface area contributed by atoms with E-state index in [0.29, 0.717) is 12.2 Å². The van der Waals surface area contributed by atoms with Gasteiger partial charge >= 0.3 is 5.69 Å². The zero-order valence-corrected chi connectivity index (χ0v) is 13.0. The van der Waals surface area contributed by atoms with E-state index in [9.17, 15) is 20.0 Å². The minimum Gasteiger partial charge on any atom is -0.504 e. The van der Waals surface area contributed by atoms with Crippen molar-refractivity contribution in [3.05, 3.63) is 45.8 Å². The fourth-order valence-electron chi connectivity index (χ4n) is 1.92. The van der Waals surface area contributed by atoms with Crippen molar-refractivity contribution in [3.63, 3.8) is 0 Å². The van der Waals surface area contributed by atoms with Gasteiger partial charge in [0, 0.05) is 7.05 Å². The normalized spacial score (nSPS) is 10.8. The van der Waals surface area contributed by atoms with Crippen molar-refractivity contribution >= 4 is 17.8 Å². The van der Waals surface area contributed by atoms with Crippen molar-refractivity contribution in [3.8, 4) is 11.5 Å². The number of nitrogens with zero attached hydrogens (tertiary/aromatic N) is 4. The highest BCUT2D eigenvalue weighted by Crippen LogP contribution is 2.26. The number of amides is 1. The highest BCUT2D eigenvalue weighted by atomic mass is 16.6. The molecule has 1 amide bonds. The van der Waals surface area contributed by atoms with Crippen molar-refractivity contribution in [2.24, 2.45) is 12.1 Å². The highest BCUT2D eigenvalue weighted by Gasteiger charge is 2.25. The van der Waals surface area contributed by atoms with E-state index in [0.717, 1.165) is 10.9 Å². The number of nitro groups is 1. The van der Waals surface area contributed by atoms with Gasteiger partial charge in [-0.1, -0.05) is 0 Å². The summed E-state index contributed by atoms with van der Waals surface area (Å²) >= 11 is 0. The predicted octanol–water partition coefficient (Wildman–Crippen LogP) is 1.20. The van der Waals surface area contributed by atoms with Gasteiger partial charge in [-0.05, 0) is 30.7 Å². The van der Waals surface area contributed by atoms with Crippen LogP contribution in [0.3, 0.4) is 0 Å². The third kappa shape index (κ3) is 3.66. The van der Waals surface area contributed by atoms with E-state index in [1.165, 1.54) is 19.3 Å². The maximum Gasteiger partial charge on any atom is 0.320 e. The van der Waals surface area contributed by atoms with E-state index in [-0.39, 0.29) is 17.2 Å². The zero-order chi connectivity index (χ0) is 17.7. The minimum absolute atomic E-state index is 0.0106. The van der Waals surface area contributed by atoms with Gasteiger partial charge in [-0.3, -0.25) is 19.6 Å². The third-order valence-electron chi connectivity index (χ3n) is 2.99. The summed E-state index contributed by atoms with van der Waals surface area (Å²) in [6.45, 7) is 2.16. The second-order valence-electron chi connectivity index (χ2n) is 4.62. The zero-order valence-electron chi connectivity index (χ0n) is 13.0. The van der Waals surface area contributed by atoms with Crippen LogP contribution in [0.15, 0.2) is 29.5 Å². The number of phenolic OH excluding ortho intramolecular Hbond substituents is 1. The first-order valence-corrected chi connectivity index (χ1v) is 6.89. The maximum atomic E-state index is 12.0. The monoisotopic (exact) mass is 333 g/mol. The van der Waals surface area contributed by atoms with E-state index in [1.807, 2.05) is 0 Å². The second-order valence-corrected chi connectivity index (χ2v) is 4.62. The molecule has 0 bridgehead atoms. The van der Waals surface area contributed by atoms with Crippen molar-refractivity contribution in [1.82, 2.24) is 15.2 Å². The van der Waals surface area contributed by atoms with Gasteiger partial charge in [-0.25, -0.2) is 5.43 Å². The molecule has 0 radical (unpaired) electrons. The molecule has 1 aromatic heterocycles. The average Bonchev–Trinajstić information content (AvgIpc) is 2.92. The number of benzene rings is 1. The second kappa shape index (κ2) is 7.22. The minimum atomic E-state index is -0.762. The smallest absolute Gasteiger partial charge is 0.320 e. The number of nitrogens with one attached hydrogen (secondary N) is 1. The molecule has 0 saturated carbocycles. The first-order chi connectivity index (χ1) is 11.4. The molecule has 0 fully saturated rings. The average molecular weight is 333 g/mol. The van der Waals surface area contributed by atoms with Crippen LogP contribution in [-0.2, 0) is 7.05 Å². The Morgan fingerprint density at radius 1 is 1.58 bits per heavy atom. The number of carbonyl (C=O) groups excluding carboxylic acids is 1. The topological polar surface area (TPSA) is 132 Å². The van der Waals surface area contributed by atoms with E-state index >= 15 is 0 Å². The Hall–Kier alpha value is -3.43. The van der Waals surface area contributed by atoms with Gasteiger partial charge in [-0.15, -0.1) is 0 Å². The molecule has 0 unspecified atom stereocenters. The Balaban J connectivity index is 2.12. The summed E-state index contributed by atoms with van der Waals surface area (Å²) in [4.78, 5) is 22.2. The molecule has 0 aliphatic rings. The number of hydrazone groups is 1. The van der Waals surface area contributed by atoms with Crippen LogP contribution in [0.5, 0.6) is 11.5 Å². The van der Waals surface area contributed by atoms with Crippen molar-refractivity contribution < 1.29 is 19.6 Å². The largest absolute Gasteiger partial charge is 0.504 e. The van der Waals surface area contributed by atoms with Crippen LogP contribution in [0.4, 0.5) is 5.69 Å². The van der Waals surface area contributed by atoms with Gasteiger partial charge in [0.1, 0.15) is 6.20 Å². The highest BCUT2D eigenvalue weighted by molar-refractivity contribution is 5.96. The molecule has 2 aromatic rings. The molecule has 0 atom stereocenters. The molecule has 0 aliphatic heterocycles. The first kappa shape index (κ1) is 16.9. The Morgan fingerprint density at radius 2 is 2.33 bits per heavy atom. The number of ether oxygens (including phenoxy) is 1. The Bertz CT molecular complexity index is 799. The number of carbonyl (C=O) groups is 1. The molecule has 1 heterocycles. The SMILES string of the molecule is CCOc1cc(C=NNC(=O)c2c([N+](=O)[O-])cnn2C)ccc1O. The molecule has 0 aliphatic carbocycles. The number of aromatic nitrogens is 2. The lowest BCUT2D eigenvalue weighted by Crippen LogP contribution is -2.22. The van der Waals surface area contributed by atoms with Crippen LogP contribution in [0.1, 0.15) is 23.0 Å². The molecule has 1 aromatic carbocycles. The molecule has 2 N–H and O–H groups in total. The number of phenols is 1. The van der Waals surface area contributed by atoms with Gasteiger partial charge in [0.05, 0.1) is 17.7 Å². The fraction of sp³-hybridized carbons (Fsp3) is 0.214. The van der Waals surface area contributed by atoms with E-state index in [2.05, 4.69) is 15.6 Å². The summed E-state index contributed by atoms with van der Waals surface area (Å²) in [5.41, 5.74) is 2.14.